The number of carbonyl (C=O) groups excluding carboxylic acids is 1. The topological polar surface area (TPSA) is 29.5 Å². The van der Waals surface area contributed by atoms with E-state index in [0.717, 1.165) is 18.4 Å². The third-order valence-electron chi connectivity index (χ3n) is 3.49. The van der Waals surface area contributed by atoms with Crippen molar-refractivity contribution in [2.75, 3.05) is 6.61 Å². The van der Waals surface area contributed by atoms with E-state index in [-0.39, 0.29) is 17.9 Å². The Morgan fingerprint density at radius 1 is 1.47 bits per heavy atom. The van der Waals surface area contributed by atoms with E-state index in [1.807, 2.05) is 37.3 Å². The van der Waals surface area contributed by atoms with Crippen LogP contribution in [0.3, 0.4) is 0 Å². The van der Waals surface area contributed by atoms with Crippen LogP contribution in [0.1, 0.15) is 38.2 Å². The third kappa shape index (κ3) is 3.07. The standard InChI is InChI=1S/C15H19NO2Se/c1-3-7-13-10-18-15(19)16(13)14(17)11(2)12-8-5-4-6-9-12/h4-6,8-9,11,13H,3,7,10H2,1-2H3/t11-,13+/m1/s1. The van der Waals surface area contributed by atoms with Crippen LogP contribution in [0, 0.1) is 0 Å². The molecule has 1 fully saturated rings. The van der Waals surface area contributed by atoms with Crippen molar-refractivity contribution in [1.82, 2.24) is 4.90 Å². The number of amides is 1. The van der Waals surface area contributed by atoms with Gasteiger partial charge in [-0.25, -0.2) is 0 Å². The fourth-order valence-electron chi connectivity index (χ4n) is 2.37. The molecule has 0 saturated carbocycles. The minimum atomic E-state index is -0.148. The molecule has 0 radical (unpaired) electrons. The van der Waals surface area contributed by atoms with Gasteiger partial charge in [-0.15, -0.1) is 0 Å². The van der Waals surface area contributed by atoms with E-state index < -0.39 is 0 Å². The van der Waals surface area contributed by atoms with Gasteiger partial charge in [0, 0.05) is 0 Å². The molecular weight excluding hydrogens is 305 g/mol. The molecule has 2 atom stereocenters. The Labute approximate surface area is 122 Å². The van der Waals surface area contributed by atoms with Crippen molar-refractivity contribution in [3.05, 3.63) is 35.9 Å². The zero-order valence-electron chi connectivity index (χ0n) is 11.3. The van der Waals surface area contributed by atoms with Crippen LogP contribution in [-0.4, -0.2) is 43.8 Å². The molecule has 19 heavy (non-hydrogen) atoms. The molecule has 1 aliphatic rings. The van der Waals surface area contributed by atoms with Gasteiger partial charge in [-0.3, -0.25) is 0 Å². The molecule has 1 aromatic rings. The Morgan fingerprint density at radius 2 is 2.16 bits per heavy atom. The SMILES string of the molecule is CCC[C@H]1COC(=[Se])N1C(=O)[C@H](C)c1ccccc1. The Kier molecular flexibility index (Phi) is 4.78. The molecule has 1 heterocycles. The second-order valence-corrected chi connectivity index (χ2v) is 5.59. The summed E-state index contributed by atoms with van der Waals surface area (Å²) in [4.78, 5) is 14.4. The molecule has 1 amide bonds. The number of nitrogens with zero attached hydrogens (tertiary/aromatic N) is 1. The van der Waals surface area contributed by atoms with E-state index in [1.165, 1.54) is 0 Å². The summed E-state index contributed by atoms with van der Waals surface area (Å²) >= 11 is 2.86. The predicted octanol–water partition coefficient (Wildman–Crippen LogP) is 2.07. The number of ether oxygens (including phenoxy) is 1. The first-order chi connectivity index (χ1) is 9.15. The van der Waals surface area contributed by atoms with Gasteiger partial charge >= 0.3 is 122 Å². The quantitative estimate of drug-likeness (QED) is 0.794. The first kappa shape index (κ1) is 14.3. The van der Waals surface area contributed by atoms with Crippen molar-refractivity contribution in [3.8, 4) is 0 Å². The summed E-state index contributed by atoms with van der Waals surface area (Å²) < 4.78 is 6.12. The molecular formula is C15H19NO2Se. The molecule has 0 aliphatic carbocycles. The van der Waals surface area contributed by atoms with E-state index in [2.05, 4.69) is 22.5 Å². The number of hydrogen-bond acceptors (Lipinski definition) is 2. The molecule has 0 unspecified atom stereocenters. The van der Waals surface area contributed by atoms with Crippen molar-refractivity contribution in [2.24, 2.45) is 0 Å². The zero-order valence-corrected chi connectivity index (χ0v) is 13.0. The minimum absolute atomic E-state index is 0.107. The van der Waals surface area contributed by atoms with Gasteiger partial charge in [-0.05, 0) is 0 Å². The molecule has 0 bridgehead atoms. The average molecular weight is 324 g/mol. The summed E-state index contributed by atoms with van der Waals surface area (Å²) in [6.45, 7) is 4.68. The van der Waals surface area contributed by atoms with Gasteiger partial charge in [0.1, 0.15) is 0 Å². The zero-order chi connectivity index (χ0) is 13.8. The molecule has 4 heteroatoms. The summed E-state index contributed by atoms with van der Waals surface area (Å²) in [5.74, 6) is -0.0403. The Morgan fingerprint density at radius 3 is 2.79 bits per heavy atom. The molecule has 1 aliphatic heterocycles. The van der Waals surface area contributed by atoms with E-state index >= 15 is 0 Å². The predicted molar refractivity (Wildman–Crippen MR) is 77.1 cm³/mol. The molecule has 3 nitrogen and oxygen atoms in total. The molecule has 102 valence electrons. The second kappa shape index (κ2) is 6.36. The first-order valence-electron chi connectivity index (χ1n) is 6.70. The van der Waals surface area contributed by atoms with Crippen molar-refractivity contribution < 1.29 is 9.53 Å². The van der Waals surface area contributed by atoms with Crippen LogP contribution in [0.5, 0.6) is 0 Å². The van der Waals surface area contributed by atoms with Gasteiger partial charge in [0.2, 0.25) is 0 Å². The normalized spacial score (nSPS) is 20.2. The Hall–Kier alpha value is -1.12. The number of hydrogen-bond donors (Lipinski definition) is 0. The maximum absolute atomic E-state index is 12.6. The van der Waals surface area contributed by atoms with Gasteiger partial charge in [0.25, 0.3) is 0 Å². The van der Waals surface area contributed by atoms with E-state index in [4.69, 9.17) is 4.74 Å². The van der Waals surface area contributed by atoms with Crippen LogP contribution in [0.2, 0.25) is 0 Å². The molecule has 2 rings (SSSR count). The fraction of sp³-hybridized carbons (Fsp3) is 0.467. The number of benzene rings is 1. The third-order valence-corrected chi connectivity index (χ3v) is 4.15. The summed E-state index contributed by atoms with van der Waals surface area (Å²) in [6, 6.07) is 10.0. The van der Waals surface area contributed by atoms with E-state index in [1.54, 1.807) is 4.90 Å². The number of carbonyl (C=O) groups is 1. The van der Waals surface area contributed by atoms with E-state index in [9.17, 15) is 4.79 Å². The van der Waals surface area contributed by atoms with Crippen LogP contribution in [-0.2, 0) is 9.53 Å². The summed E-state index contributed by atoms with van der Waals surface area (Å²) in [6.07, 6.45) is 2.02. The van der Waals surface area contributed by atoms with Crippen LogP contribution in [0.25, 0.3) is 0 Å². The van der Waals surface area contributed by atoms with Crippen LogP contribution in [0.4, 0.5) is 0 Å². The summed E-state index contributed by atoms with van der Waals surface area (Å²) in [5.41, 5.74) is 1.04. The van der Waals surface area contributed by atoms with Gasteiger partial charge in [0.15, 0.2) is 0 Å². The molecule has 0 spiro atoms. The van der Waals surface area contributed by atoms with Gasteiger partial charge in [-0.1, -0.05) is 0 Å². The molecule has 0 N–H and O–H groups in total. The monoisotopic (exact) mass is 325 g/mol. The Balaban J connectivity index is 2.16. The van der Waals surface area contributed by atoms with Crippen LogP contribution in [0.15, 0.2) is 30.3 Å². The molecule has 1 saturated heterocycles. The number of rotatable bonds is 4. The first-order valence-corrected chi connectivity index (χ1v) is 7.55. The van der Waals surface area contributed by atoms with Crippen molar-refractivity contribution in [3.63, 3.8) is 0 Å². The van der Waals surface area contributed by atoms with Crippen molar-refractivity contribution in [1.29, 1.82) is 0 Å². The van der Waals surface area contributed by atoms with E-state index in [0.29, 0.717) is 11.3 Å². The second-order valence-electron chi connectivity index (χ2n) is 4.86. The van der Waals surface area contributed by atoms with Crippen molar-refractivity contribution in [2.45, 2.75) is 38.6 Å². The molecule has 0 aromatic heterocycles. The summed E-state index contributed by atoms with van der Waals surface area (Å²) in [7, 11) is 0. The molecule has 1 aromatic carbocycles. The average Bonchev–Trinajstić information content (AvgIpc) is 2.80. The van der Waals surface area contributed by atoms with Gasteiger partial charge in [-0.2, -0.15) is 0 Å². The maximum atomic E-state index is 12.6. The summed E-state index contributed by atoms with van der Waals surface area (Å²) in [5, 5.41) is 0. The fourth-order valence-corrected chi connectivity index (χ4v) is 3.01. The van der Waals surface area contributed by atoms with Crippen molar-refractivity contribution >= 4 is 26.2 Å². The Bertz CT molecular complexity index is 460. The van der Waals surface area contributed by atoms with Gasteiger partial charge in [0.05, 0.1) is 0 Å². The van der Waals surface area contributed by atoms with Crippen LogP contribution >= 0.6 is 0 Å². The van der Waals surface area contributed by atoms with Crippen LogP contribution < -0.4 is 0 Å². The van der Waals surface area contributed by atoms with Gasteiger partial charge < -0.3 is 0 Å².